The topological polar surface area (TPSA) is 36.4 Å². The Balaban J connectivity index is 1.99. The van der Waals surface area contributed by atoms with Crippen LogP contribution in [-0.2, 0) is 6.18 Å². The summed E-state index contributed by atoms with van der Waals surface area (Å²) in [6.07, 6.45) is -3.13. The highest BCUT2D eigenvalue weighted by Crippen LogP contribution is 2.34. The SMILES string of the molecule is Fc1ccc(/C=N/NC(=S)Nc2ccccc2C(F)(F)F)cc1. The Morgan fingerprint density at radius 1 is 1.04 bits per heavy atom. The third-order valence-electron chi connectivity index (χ3n) is 2.73. The summed E-state index contributed by atoms with van der Waals surface area (Å²) in [5.74, 6) is -0.379. The Labute approximate surface area is 135 Å². The van der Waals surface area contributed by atoms with E-state index in [1.54, 1.807) is 0 Å². The number of hydrogen-bond acceptors (Lipinski definition) is 2. The van der Waals surface area contributed by atoms with Crippen LogP contribution in [0.25, 0.3) is 0 Å². The number of thiocarbonyl (C=S) groups is 1. The first kappa shape index (κ1) is 16.9. The molecule has 2 rings (SSSR count). The van der Waals surface area contributed by atoms with Gasteiger partial charge < -0.3 is 5.32 Å². The summed E-state index contributed by atoms with van der Waals surface area (Å²) in [4.78, 5) is 0. The Bertz CT molecular complexity index is 711. The van der Waals surface area contributed by atoms with Gasteiger partial charge in [-0.2, -0.15) is 18.3 Å². The van der Waals surface area contributed by atoms with Crippen molar-refractivity contribution in [2.24, 2.45) is 5.10 Å². The summed E-state index contributed by atoms with van der Waals surface area (Å²) in [6.45, 7) is 0. The highest BCUT2D eigenvalue weighted by molar-refractivity contribution is 7.80. The minimum Gasteiger partial charge on any atom is -0.331 e. The lowest BCUT2D eigenvalue weighted by Crippen LogP contribution is -2.25. The van der Waals surface area contributed by atoms with Gasteiger partial charge in [0.25, 0.3) is 0 Å². The highest BCUT2D eigenvalue weighted by Gasteiger charge is 2.33. The smallest absolute Gasteiger partial charge is 0.331 e. The monoisotopic (exact) mass is 341 g/mol. The molecule has 0 spiro atoms. The molecule has 0 atom stereocenters. The van der Waals surface area contributed by atoms with Crippen molar-refractivity contribution in [1.29, 1.82) is 0 Å². The molecule has 2 N–H and O–H groups in total. The van der Waals surface area contributed by atoms with Crippen molar-refractivity contribution >= 4 is 29.2 Å². The summed E-state index contributed by atoms with van der Waals surface area (Å²) >= 11 is 4.89. The third kappa shape index (κ3) is 5.03. The number of hydrogen-bond donors (Lipinski definition) is 2. The van der Waals surface area contributed by atoms with E-state index in [1.807, 2.05) is 0 Å². The summed E-state index contributed by atoms with van der Waals surface area (Å²) in [5.41, 5.74) is 2.01. The normalized spacial score (nSPS) is 11.5. The quantitative estimate of drug-likeness (QED) is 0.381. The van der Waals surface area contributed by atoms with E-state index in [0.29, 0.717) is 5.56 Å². The van der Waals surface area contributed by atoms with E-state index in [-0.39, 0.29) is 16.6 Å². The Morgan fingerprint density at radius 2 is 1.70 bits per heavy atom. The molecule has 3 nitrogen and oxygen atoms in total. The molecule has 0 aliphatic heterocycles. The number of hydrazone groups is 1. The van der Waals surface area contributed by atoms with Crippen molar-refractivity contribution in [2.75, 3.05) is 5.32 Å². The molecular formula is C15H11F4N3S. The third-order valence-corrected chi connectivity index (χ3v) is 2.92. The van der Waals surface area contributed by atoms with E-state index in [4.69, 9.17) is 12.2 Å². The second kappa shape index (κ2) is 7.19. The van der Waals surface area contributed by atoms with Gasteiger partial charge >= 0.3 is 6.18 Å². The van der Waals surface area contributed by atoms with Crippen LogP contribution in [0.1, 0.15) is 11.1 Å². The first-order valence-electron chi connectivity index (χ1n) is 6.38. The lowest BCUT2D eigenvalue weighted by molar-refractivity contribution is -0.136. The number of nitrogens with one attached hydrogen (secondary N) is 2. The van der Waals surface area contributed by atoms with Gasteiger partial charge in [0.05, 0.1) is 17.5 Å². The van der Waals surface area contributed by atoms with Crippen LogP contribution in [0.4, 0.5) is 23.2 Å². The molecular weight excluding hydrogens is 330 g/mol. The number of anilines is 1. The fourth-order valence-electron chi connectivity index (χ4n) is 1.70. The average molecular weight is 341 g/mol. The van der Waals surface area contributed by atoms with E-state index in [9.17, 15) is 17.6 Å². The van der Waals surface area contributed by atoms with Crippen LogP contribution in [0.5, 0.6) is 0 Å². The summed E-state index contributed by atoms with van der Waals surface area (Å²) in [7, 11) is 0. The summed E-state index contributed by atoms with van der Waals surface area (Å²) in [6, 6.07) is 10.5. The fraction of sp³-hybridized carbons (Fsp3) is 0.0667. The molecule has 0 aromatic heterocycles. The van der Waals surface area contributed by atoms with Gasteiger partial charge in [0, 0.05) is 0 Å². The van der Waals surface area contributed by atoms with Gasteiger partial charge in [-0.15, -0.1) is 0 Å². The molecule has 23 heavy (non-hydrogen) atoms. The fourth-order valence-corrected chi connectivity index (χ4v) is 1.87. The zero-order chi connectivity index (χ0) is 16.9. The van der Waals surface area contributed by atoms with Crippen molar-refractivity contribution in [3.05, 3.63) is 65.5 Å². The molecule has 0 fully saturated rings. The molecule has 0 aliphatic rings. The molecule has 0 unspecified atom stereocenters. The number of halogens is 4. The van der Waals surface area contributed by atoms with E-state index in [0.717, 1.165) is 6.07 Å². The molecule has 2 aromatic rings. The van der Waals surface area contributed by atoms with Gasteiger partial charge in [-0.3, -0.25) is 5.43 Å². The molecule has 0 radical (unpaired) electrons. The molecule has 2 aromatic carbocycles. The minimum atomic E-state index is -4.49. The Hall–Kier alpha value is -2.48. The predicted molar refractivity (Wildman–Crippen MR) is 84.8 cm³/mol. The zero-order valence-electron chi connectivity index (χ0n) is 11.6. The predicted octanol–water partition coefficient (Wildman–Crippen LogP) is 4.17. The van der Waals surface area contributed by atoms with E-state index < -0.39 is 11.7 Å². The van der Waals surface area contributed by atoms with E-state index in [2.05, 4.69) is 15.8 Å². The second-order valence-corrected chi connectivity index (χ2v) is 4.83. The van der Waals surface area contributed by atoms with E-state index in [1.165, 1.54) is 48.7 Å². The molecule has 0 saturated heterocycles. The number of benzene rings is 2. The highest BCUT2D eigenvalue weighted by atomic mass is 32.1. The van der Waals surface area contributed by atoms with Crippen molar-refractivity contribution in [2.45, 2.75) is 6.18 Å². The largest absolute Gasteiger partial charge is 0.418 e. The van der Waals surface area contributed by atoms with Crippen LogP contribution >= 0.6 is 12.2 Å². The van der Waals surface area contributed by atoms with Crippen LogP contribution in [0.2, 0.25) is 0 Å². The van der Waals surface area contributed by atoms with Crippen LogP contribution < -0.4 is 10.7 Å². The van der Waals surface area contributed by atoms with Gasteiger partial charge in [-0.05, 0) is 42.0 Å². The van der Waals surface area contributed by atoms with Crippen LogP contribution in [0, 0.1) is 5.82 Å². The zero-order valence-corrected chi connectivity index (χ0v) is 12.4. The number of alkyl halides is 3. The molecule has 120 valence electrons. The van der Waals surface area contributed by atoms with Crippen LogP contribution in [0.15, 0.2) is 53.6 Å². The van der Waals surface area contributed by atoms with Gasteiger partial charge in [0.2, 0.25) is 0 Å². The molecule has 0 heterocycles. The molecule has 8 heteroatoms. The average Bonchev–Trinajstić information content (AvgIpc) is 2.49. The molecule has 0 saturated carbocycles. The van der Waals surface area contributed by atoms with Crippen molar-refractivity contribution in [3.63, 3.8) is 0 Å². The maximum absolute atomic E-state index is 12.8. The van der Waals surface area contributed by atoms with Gasteiger partial charge in [-0.1, -0.05) is 24.3 Å². The first-order valence-corrected chi connectivity index (χ1v) is 6.79. The number of rotatable bonds is 3. The van der Waals surface area contributed by atoms with Gasteiger partial charge in [-0.25, -0.2) is 4.39 Å². The minimum absolute atomic E-state index is 0.0972. The summed E-state index contributed by atoms with van der Waals surface area (Å²) in [5, 5.41) is 6.12. The van der Waals surface area contributed by atoms with Crippen molar-refractivity contribution in [1.82, 2.24) is 5.43 Å². The van der Waals surface area contributed by atoms with Gasteiger partial charge in [0.15, 0.2) is 5.11 Å². The van der Waals surface area contributed by atoms with Crippen molar-refractivity contribution in [3.8, 4) is 0 Å². The molecule has 0 aliphatic carbocycles. The maximum Gasteiger partial charge on any atom is 0.418 e. The van der Waals surface area contributed by atoms with Gasteiger partial charge in [0.1, 0.15) is 5.82 Å². The van der Waals surface area contributed by atoms with Crippen LogP contribution in [-0.4, -0.2) is 11.3 Å². The lowest BCUT2D eigenvalue weighted by atomic mass is 10.2. The second-order valence-electron chi connectivity index (χ2n) is 4.42. The number of nitrogens with zero attached hydrogens (tertiary/aromatic N) is 1. The Kier molecular flexibility index (Phi) is 5.28. The van der Waals surface area contributed by atoms with Crippen LogP contribution in [0.3, 0.4) is 0 Å². The lowest BCUT2D eigenvalue weighted by Gasteiger charge is -2.14. The standard InChI is InChI=1S/C15H11F4N3S/c16-11-7-5-10(6-8-11)9-20-22-14(23)21-13-4-2-1-3-12(13)15(17,18)19/h1-9H,(H2,21,22,23)/b20-9+. The molecule has 0 bridgehead atoms. The first-order chi connectivity index (χ1) is 10.9. The summed E-state index contributed by atoms with van der Waals surface area (Å²) < 4.78 is 51.3. The Morgan fingerprint density at radius 3 is 2.35 bits per heavy atom. The molecule has 0 amide bonds. The number of para-hydroxylation sites is 1. The maximum atomic E-state index is 12.8. The van der Waals surface area contributed by atoms with Crippen molar-refractivity contribution < 1.29 is 17.6 Å². The van der Waals surface area contributed by atoms with E-state index >= 15 is 0 Å².